The molecule has 0 saturated heterocycles. The molecular formula is C13H22O. The summed E-state index contributed by atoms with van der Waals surface area (Å²) in [5.41, 5.74) is 1.36. The highest BCUT2D eigenvalue weighted by Crippen LogP contribution is 2.46. The molecule has 0 amide bonds. The molecule has 0 spiro atoms. The van der Waals surface area contributed by atoms with Gasteiger partial charge < -0.3 is 5.11 Å². The number of fused-ring (bicyclic) bond motifs is 1. The van der Waals surface area contributed by atoms with Gasteiger partial charge in [-0.15, -0.1) is 0 Å². The summed E-state index contributed by atoms with van der Waals surface area (Å²) in [6, 6.07) is 0. The molecular weight excluding hydrogens is 172 g/mol. The van der Waals surface area contributed by atoms with Crippen molar-refractivity contribution >= 4 is 0 Å². The molecule has 2 saturated carbocycles. The van der Waals surface area contributed by atoms with E-state index in [0.29, 0.717) is 5.92 Å². The first-order chi connectivity index (χ1) is 6.70. The van der Waals surface area contributed by atoms with E-state index in [2.05, 4.69) is 6.58 Å². The van der Waals surface area contributed by atoms with E-state index in [0.717, 1.165) is 18.3 Å². The zero-order valence-electron chi connectivity index (χ0n) is 9.21. The van der Waals surface area contributed by atoms with Crippen LogP contribution in [0.15, 0.2) is 12.2 Å². The summed E-state index contributed by atoms with van der Waals surface area (Å²) in [7, 11) is 0. The highest BCUT2D eigenvalue weighted by Gasteiger charge is 2.36. The largest absolute Gasteiger partial charge is 0.393 e. The summed E-state index contributed by atoms with van der Waals surface area (Å²) in [5, 5.41) is 9.68. The average Bonchev–Trinajstić information content (AvgIpc) is 2.18. The summed E-state index contributed by atoms with van der Waals surface area (Å²) >= 11 is 0. The van der Waals surface area contributed by atoms with Gasteiger partial charge in [0.2, 0.25) is 0 Å². The van der Waals surface area contributed by atoms with E-state index >= 15 is 0 Å². The van der Waals surface area contributed by atoms with Crippen LogP contribution in [0.2, 0.25) is 0 Å². The Morgan fingerprint density at radius 2 is 1.93 bits per heavy atom. The summed E-state index contributed by atoms with van der Waals surface area (Å²) in [4.78, 5) is 0. The van der Waals surface area contributed by atoms with Crippen LogP contribution >= 0.6 is 0 Å². The molecule has 2 aliphatic rings. The van der Waals surface area contributed by atoms with Gasteiger partial charge in [-0.1, -0.05) is 25.0 Å². The standard InChI is InChI=1S/C13H22O/c1-9-12(10(2)14)8-7-11-5-3-4-6-13(9)11/h10-14H,1,3-8H2,2H3/t10-,11+,12-,13+/m0/s1. The fourth-order valence-electron chi connectivity index (χ4n) is 3.45. The first-order valence-electron chi connectivity index (χ1n) is 6.07. The lowest BCUT2D eigenvalue weighted by atomic mass is 9.64. The van der Waals surface area contributed by atoms with Gasteiger partial charge in [0.05, 0.1) is 6.10 Å². The van der Waals surface area contributed by atoms with Gasteiger partial charge in [-0.25, -0.2) is 0 Å². The van der Waals surface area contributed by atoms with Crippen molar-refractivity contribution in [2.24, 2.45) is 17.8 Å². The van der Waals surface area contributed by atoms with E-state index < -0.39 is 0 Å². The first-order valence-corrected chi connectivity index (χ1v) is 6.07. The second-order valence-electron chi connectivity index (χ2n) is 5.15. The molecule has 0 aromatic carbocycles. The van der Waals surface area contributed by atoms with Crippen molar-refractivity contribution in [3.05, 3.63) is 12.2 Å². The number of rotatable bonds is 1. The summed E-state index contributed by atoms with van der Waals surface area (Å²) in [6.07, 6.45) is 7.80. The quantitative estimate of drug-likeness (QED) is 0.636. The normalized spacial score (nSPS) is 40.4. The Morgan fingerprint density at radius 1 is 1.21 bits per heavy atom. The lowest BCUT2D eigenvalue weighted by molar-refractivity contribution is 0.0922. The molecule has 1 N–H and O–H groups in total. The molecule has 2 fully saturated rings. The molecule has 4 atom stereocenters. The SMILES string of the molecule is C=C1[C@H]2CCCC[C@@H]2CC[C@@H]1[C@H](C)O. The predicted molar refractivity (Wildman–Crippen MR) is 59.0 cm³/mol. The predicted octanol–water partition coefficient (Wildman–Crippen LogP) is 3.14. The molecule has 0 unspecified atom stereocenters. The highest BCUT2D eigenvalue weighted by atomic mass is 16.3. The van der Waals surface area contributed by atoms with Crippen LogP contribution in [0.4, 0.5) is 0 Å². The first kappa shape index (κ1) is 10.2. The van der Waals surface area contributed by atoms with Gasteiger partial charge in [-0.3, -0.25) is 0 Å². The minimum atomic E-state index is -0.189. The van der Waals surface area contributed by atoms with Gasteiger partial charge in [0.15, 0.2) is 0 Å². The fourth-order valence-corrected chi connectivity index (χ4v) is 3.45. The molecule has 80 valence electrons. The maximum Gasteiger partial charge on any atom is 0.0577 e. The Labute approximate surface area is 87.2 Å². The van der Waals surface area contributed by atoms with Crippen molar-refractivity contribution in [1.82, 2.24) is 0 Å². The van der Waals surface area contributed by atoms with Crippen molar-refractivity contribution in [2.75, 3.05) is 0 Å². The van der Waals surface area contributed by atoms with Crippen LogP contribution in [-0.2, 0) is 0 Å². The maximum atomic E-state index is 9.68. The molecule has 2 rings (SSSR count). The van der Waals surface area contributed by atoms with E-state index in [1.54, 1.807) is 0 Å². The van der Waals surface area contributed by atoms with Crippen molar-refractivity contribution in [2.45, 2.75) is 51.6 Å². The van der Waals surface area contributed by atoms with Crippen LogP contribution in [0.3, 0.4) is 0 Å². The van der Waals surface area contributed by atoms with E-state index in [-0.39, 0.29) is 6.10 Å². The topological polar surface area (TPSA) is 20.2 Å². The van der Waals surface area contributed by atoms with Gasteiger partial charge in [0, 0.05) is 5.92 Å². The summed E-state index contributed by atoms with van der Waals surface area (Å²) < 4.78 is 0. The summed E-state index contributed by atoms with van der Waals surface area (Å²) in [5.74, 6) is 2.01. The molecule has 0 radical (unpaired) electrons. The van der Waals surface area contributed by atoms with Gasteiger partial charge in [0.25, 0.3) is 0 Å². The van der Waals surface area contributed by atoms with Crippen molar-refractivity contribution < 1.29 is 5.11 Å². The third kappa shape index (κ3) is 1.75. The van der Waals surface area contributed by atoms with Crippen molar-refractivity contribution in [3.8, 4) is 0 Å². The molecule has 0 aliphatic heterocycles. The molecule has 0 bridgehead atoms. The second kappa shape index (κ2) is 4.06. The molecule has 1 nitrogen and oxygen atoms in total. The van der Waals surface area contributed by atoms with Crippen molar-refractivity contribution in [3.63, 3.8) is 0 Å². The monoisotopic (exact) mass is 194 g/mol. The fraction of sp³-hybridized carbons (Fsp3) is 0.846. The van der Waals surface area contributed by atoms with E-state index in [1.807, 2.05) is 6.92 Å². The van der Waals surface area contributed by atoms with E-state index in [1.165, 1.54) is 37.7 Å². The average molecular weight is 194 g/mol. The van der Waals surface area contributed by atoms with Gasteiger partial charge in [-0.05, 0) is 44.4 Å². The smallest absolute Gasteiger partial charge is 0.0577 e. The van der Waals surface area contributed by atoms with Crippen LogP contribution in [0.5, 0.6) is 0 Å². The van der Waals surface area contributed by atoms with Gasteiger partial charge in [-0.2, -0.15) is 0 Å². The third-order valence-corrected chi connectivity index (χ3v) is 4.29. The molecule has 0 aromatic heterocycles. The van der Waals surface area contributed by atoms with Crippen LogP contribution < -0.4 is 0 Å². The Hall–Kier alpha value is -0.300. The number of aliphatic hydroxyl groups excluding tert-OH is 1. The molecule has 1 heteroatoms. The van der Waals surface area contributed by atoms with E-state index in [4.69, 9.17) is 0 Å². The van der Waals surface area contributed by atoms with Crippen LogP contribution in [0.1, 0.15) is 45.4 Å². The zero-order valence-corrected chi connectivity index (χ0v) is 9.21. The van der Waals surface area contributed by atoms with Crippen LogP contribution in [-0.4, -0.2) is 11.2 Å². The zero-order chi connectivity index (χ0) is 10.1. The number of hydrogen-bond acceptors (Lipinski definition) is 1. The minimum Gasteiger partial charge on any atom is -0.393 e. The number of aliphatic hydroxyl groups is 1. The Balaban J connectivity index is 2.07. The third-order valence-electron chi connectivity index (χ3n) is 4.29. The lowest BCUT2D eigenvalue weighted by Gasteiger charge is -2.42. The minimum absolute atomic E-state index is 0.189. The second-order valence-corrected chi connectivity index (χ2v) is 5.15. The van der Waals surface area contributed by atoms with Gasteiger partial charge >= 0.3 is 0 Å². The molecule has 0 heterocycles. The lowest BCUT2D eigenvalue weighted by Crippen LogP contribution is -2.34. The Bertz CT molecular complexity index is 219. The van der Waals surface area contributed by atoms with Crippen molar-refractivity contribution in [1.29, 1.82) is 0 Å². The Kier molecular flexibility index (Phi) is 2.96. The maximum absolute atomic E-state index is 9.68. The van der Waals surface area contributed by atoms with E-state index in [9.17, 15) is 5.11 Å². The molecule has 2 aliphatic carbocycles. The molecule has 14 heavy (non-hydrogen) atoms. The Morgan fingerprint density at radius 3 is 2.64 bits per heavy atom. The molecule has 0 aromatic rings. The van der Waals surface area contributed by atoms with Crippen LogP contribution in [0.25, 0.3) is 0 Å². The van der Waals surface area contributed by atoms with Gasteiger partial charge in [0.1, 0.15) is 0 Å². The summed E-state index contributed by atoms with van der Waals surface area (Å²) in [6.45, 7) is 6.16. The van der Waals surface area contributed by atoms with Crippen LogP contribution in [0, 0.1) is 17.8 Å². The number of hydrogen-bond donors (Lipinski definition) is 1. The highest BCUT2D eigenvalue weighted by molar-refractivity contribution is 5.13.